The van der Waals surface area contributed by atoms with E-state index >= 15 is 0 Å². The lowest BCUT2D eigenvalue weighted by molar-refractivity contribution is 0.877. The van der Waals surface area contributed by atoms with Gasteiger partial charge in [-0.1, -0.05) is 53.4 Å². The van der Waals surface area contributed by atoms with Crippen LogP contribution in [0.25, 0.3) is 101 Å². The Balaban J connectivity index is 1.46. The molecule has 0 aliphatic carbocycles. The van der Waals surface area contributed by atoms with E-state index in [4.69, 9.17) is 0 Å². The number of hydrogen-bond acceptors (Lipinski definition) is 6. The van der Waals surface area contributed by atoms with E-state index in [0.717, 1.165) is 25.7 Å². The Morgan fingerprint density at radius 1 is 0.327 bits per heavy atom. The van der Waals surface area contributed by atoms with Crippen molar-refractivity contribution in [2.24, 2.45) is 0 Å². The second kappa shape index (κ2) is 12.2. The topological polar surface area (TPSA) is 0 Å². The predicted octanol–water partition coefficient (Wildman–Crippen LogP) is 17.4. The van der Waals surface area contributed by atoms with Gasteiger partial charge in [0.2, 0.25) is 0 Å². The van der Waals surface area contributed by atoms with Crippen LogP contribution in [0.15, 0.2) is 59.3 Å². The molecule has 0 fully saturated rings. The fourth-order valence-corrected chi connectivity index (χ4v) is 16.3. The quantitative estimate of drug-likeness (QED) is 0.144. The molecule has 0 amide bonds. The first kappa shape index (κ1) is 32.3. The maximum absolute atomic E-state index is 2.49. The summed E-state index contributed by atoms with van der Waals surface area (Å²) in [6.07, 6.45) is 9.24. The zero-order chi connectivity index (χ0) is 34.8. The Morgan fingerprint density at radius 3 is 0.942 bits per heavy atom. The van der Waals surface area contributed by atoms with E-state index in [1.54, 1.807) is 41.1 Å². The van der Waals surface area contributed by atoms with Crippen molar-refractivity contribution in [3.8, 4) is 0 Å². The van der Waals surface area contributed by atoms with Crippen molar-refractivity contribution in [1.29, 1.82) is 0 Å². The Kier molecular flexibility index (Phi) is 7.59. The fourth-order valence-electron chi connectivity index (χ4n) is 9.47. The zero-order valence-electron chi connectivity index (χ0n) is 29.9. The van der Waals surface area contributed by atoms with E-state index in [1.165, 1.54) is 108 Å². The van der Waals surface area contributed by atoms with Gasteiger partial charge in [0.05, 0.1) is 0 Å². The molecule has 0 unspecified atom stereocenters. The smallest absolute Gasteiger partial charge is 0.0397 e. The molecule has 0 spiro atoms. The van der Waals surface area contributed by atoms with Crippen molar-refractivity contribution in [2.75, 3.05) is 0 Å². The number of thiophene rings is 6. The molecule has 6 heterocycles. The summed E-state index contributed by atoms with van der Waals surface area (Å²) in [5.41, 5.74) is 6.48. The number of benzene rings is 5. The summed E-state index contributed by atoms with van der Waals surface area (Å²) in [6.45, 7) is 9.47. The summed E-state index contributed by atoms with van der Waals surface area (Å²) >= 11 is 12.1. The Morgan fingerprint density at radius 2 is 0.615 bits per heavy atom. The maximum atomic E-state index is 2.49. The SMILES string of the molecule is CCCc1c(CCC)c2sc3ccc4sc5c(CCC)c(CCC)c6sc7ccc8sccc8c7c6c5c4c3c2c2c1sc1ccc3sccc3c12. The van der Waals surface area contributed by atoms with Gasteiger partial charge in [-0.3, -0.25) is 0 Å². The minimum absolute atomic E-state index is 1.14. The summed E-state index contributed by atoms with van der Waals surface area (Å²) in [7, 11) is 0. The second-order valence-corrected chi connectivity index (χ2v) is 20.6. The molecule has 0 saturated carbocycles. The largest absolute Gasteiger partial charge is 0.144 e. The molecule has 6 heteroatoms. The van der Waals surface area contributed by atoms with Crippen LogP contribution in [-0.4, -0.2) is 0 Å². The highest BCUT2D eigenvalue weighted by Crippen LogP contribution is 2.56. The summed E-state index contributed by atoms with van der Waals surface area (Å²) in [4.78, 5) is 0. The van der Waals surface area contributed by atoms with Gasteiger partial charge in [-0.15, -0.1) is 68.0 Å². The fraction of sp³-hybridized carbons (Fsp3) is 0.261. The molecular formula is C46H38S6. The summed E-state index contributed by atoms with van der Waals surface area (Å²) in [5.74, 6) is 0. The molecule has 11 rings (SSSR count). The molecule has 0 nitrogen and oxygen atoms in total. The maximum Gasteiger partial charge on any atom is 0.0397 e. The second-order valence-electron chi connectivity index (χ2n) is 14.5. The minimum atomic E-state index is 1.14. The third kappa shape index (κ3) is 4.28. The van der Waals surface area contributed by atoms with Crippen LogP contribution in [0.4, 0.5) is 0 Å². The van der Waals surface area contributed by atoms with Crippen molar-refractivity contribution >= 4 is 169 Å². The van der Waals surface area contributed by atoms with Crippen molar-refractivity contribution in [2.45, 2.75) is 79.1 Å². The van der Waals surface area contributed by atoms with Crippen LogP contribution in [0.5, 0.6) is 0 Å². The standard InChI is InChI=1S/C46H38S6/c1-5-9-23-25(11-7-3)45-41(39-35-27-19-21-47-29(27)13-15-31(35)49-43(23)39)37-33(51-45)17-18-34-38(37)42-40-36-28-20-22-48-30(28)14-16-32(36)50-44(40)24(10-6-2)26(12-8-4)46(42)52-34/h13-22H,5-12H2,1-4H3. The van der Waals surface area contributed by atoms with Gasteiger partial charge in [0.1, 0.15) is 0 Å². The zero-order valence-corrected chi connectivity index (χ0v) is 34.8. The highest BCUT2D eigenvalue weighted by molar-refractivity contribution is 7.30. The molecule has 0 radical (unpaired) electrons. The van der Waals surface area contributed by atoms with Gasteiger partial charge in [-0.05, 0) is 107 Å². The predicted molar refractivity (Wildman–Crippen MR) is 245 cm³/mol. The van der Waals surface area contributed by atoms with E-state index in [2.05, 4.69) is 132 Å². The third-order valence-corrected chi connectivity index (χ3v) is 18.0. The highest BCUT2D eigenvalue weighted by atomic mass is 32.1. The molecule has 6 aromatic heterocycles. The van der Waals surface area contributed by atoms with Gasteiger partial charge >= 0.3 is 0 Å². The first-order valence-corrected chi connectivity index (χ1v) is 24.0. The van der Waals surface area contributed by atoms with Gasteiger partial charge in [-0.2, -0.15) is 0 Å². The molecule has 11 aromatic rings. The van der Waals surface area contributed by atoms with Gasteiger partial charge in [0.25, 0.3) is 0 Å². The lowest BCUT2D eigenvalue weighted by Crippen LogP contribution is -1.96. The minimum Gasteiger partial charge on any atom is -0.144 e. The van der Waals surface area contributed by atoms with Crippen molar-refractivity contribution in [1.82, 2.24) is 0 Å². The van der Waals surface area contributed by atoms with Gasteiger partial charge < -0.3 is 0 Å². The van der Waals surface area contributed by atoms with Crippen LogP contribution in [0.1, 0.15) is 75.6 Å². The molecule has 0 saturated heterocycles. The number of hydrogen-bond donors (Lipinski definition) is 0. The highest BCUT2D eigenvalue weighted by Gasteiger charge is 2.28. The summed E-state index contributed by atoms with van der Waals surface area (Å²) in [6, 6.07) is 19.3. The van der Waals surface area contributed by atoms with Crippen LogP contribution >= 0.6 is 68.0 Å². The van der Waals surface area contributed by atoms with Crippen LogP contribution in [0, 0.1) is 0 Å². The van der Waals surface area contributed by atoms with Crippen LogP contribution in [-0.2, 0) is 25.7 Å². The van der Waals surface area contributed by atoms with Crippen molar-refractivity contribution in [3.63, 3.8) is 0 Å². The van der Waals surface area contributed by atoms with Gasteiger partial charge in [-0.25, -0.2) is 0 Å². The molecular weight excluding hydrogens is 745 g/mol. The molecule has 0 aliphatic heterocycles. The van der Waals surface area contributed by atoms with Crippen LogP contribution in [0.3, 0.4) is 0 Å². The summed E-state index contributed by atoms with van der Waals surface area (Å²) in [5, 5.41) is 19.6. The summed E-state index contributed by atoms with van der Waals surface area (Å²) < 4.78 is 14.8. The molecule has 0 bridgehead atoms. The van der Waals surface area contributed by atoms with E-state index < -0.39 is 0 Å². The lowest BCUT2D eigenvalue weighted by Gasteiger charge is -2.14. The normalized spacial score (nSPS) is 12.8. The molecule has 0 atom stereocenters. The number of rotatable bonds is 8. The Hall–Kier alpha value is -3.10. The molecule has 258 valence electrons. The molecule has 0 aliphatic rings. The van der Waals surface area contributed by atoms with E-state index in [0.29, 0.717) is 0 Å². The first-order valence-electron chi connectivity index (χ1n) is 19.0. The Labute approximate surface area is 326 Å². The molecule has 52 heavy (non-hydrogen) atoms. The first-order chi connectivity index (χ1) is 25.6. The average molecular weight is 783 g/mol. The third-order valence-electron chi connectivity index (χ3n) is 11.4. The molecule has 0 N–H and O–H groups in total. The van der Waals surface area contributed by atoms with Crippen LogP contribution < -0.4 is 0 Å². The monoisotopic (exact) mass is 782 g/mol. The molecule has 5 aromatic carbocycles. The number of aryl methyl sites for hydroxylation is 4. The average Bonchev–Trinajstić information content (AvgIpc) is 3.99. The van der Waals surface area contributed by atoms with Crippen molar-refractivity contribution < 1.29 is 0 Å². The lowest BCUT2D eigenvalue weighted by atomic mass is 9.90. The van der Waals surface area contributed by atoms with Gasteiger partial charge in [0.15, 0.2) is 0 Å². The number of fused-ring (bicyclic) bond motifs is 19. The van der Waals surface area contributed by atoms with E-state index in [9.17, 15) is 0 Å². The van der Waals surface area contributed by atoms with Crippen LogP contribution in [0.2, 0.25) is 0 Å². The van der Waals surface area contributed by atoms with E-state index in [-0.39, 0.29) is 0 Å². The van der Waals surface area contributed by atoms with E-state index in [1.807, 2.05) is 22.7 Å². The van der Waals surface area contributed by atoms with Gasteiger partial charge in [0, 0.05) is 101 Å². The van der Waals surface area contributed by atoms with Crippen molar-refractivity contribution in [3.05, 3.63) is 81.5 Å². The Bertz CT molecular complexity index is 3020.